The zero-order valence-corrected chi connectivity index (χ0v) is 12.3. The predicted molar refractivity (Wildman–Crippen MR) is 80.7 cm³/mol. The molecule has 0 bridgehead atoms. The highest BCUT2D eigenvalue weighted by atomic mass is 15.1. The van der Waals surface area contributed by atoms with Crippen LogP contribution in [0.5, 0.6) is 0 Å². The average molecular weight is 250 g/mol. The molecule has 0 unspecified atom stereocenters. The zero-order chi connectivity index (χ0) is 13.4. The minimum Gasteiger partial charge on any atom is -0.385 e. The standard InChI is InChI=1S/C16H30N2/c1-5-11-18(12-6-2)13-15(4)17-16-9-7-14(3)8-10-16/h16-17H,3-13H2,1-2H3. The third kappa shape index (κ3) is 5.72. The first-order valence-corrected chi connectivity index (χ1v) is 7.49. The van der Waals surface area contributed by atoms with Gasteiger partial charge in [0.2, 0.25) is 0 Å². The van der Waals surface area contributed by atoms with Crippen molar-refractivity contribution in [2.75, 3.05) is 19.6 Å². The maximum absolute atomic E-state index is 4.20. The second-order valence-electron chi connectivity index (χ2n) is 5.55. The molecule has 0 aliphatic heterocycles. The number of nitrogens with one attached hydrogen (secondary N) is 1. The molecule has 1 fully saturated rings. The second-order valence-corrected chi connectivity index (χ2v) is 5.55. The molecule has 1 N–H and O–H groups in total. The number of allylic oxidation sites excluding steroid dienone is 1. The molecule has 0 spiro atoms. The van der Waals surface area contributed by atoms with Gasteiger partial charge in [-0.05, 0) is 51.6 Å². The van der Waals surface area contributed by atoms with E-state index in [0.717, 1.165) is 6.54 Å². The Labute approximate surface area is 113 Å². The molecule has 0 heterocycles. The van der Waals surface area contributed by atoms with E-state index in [2.05, 4.69) is 37.2 Å². The van der Waals surface area contributed by atoms with E-state index in [-0.39, 0.29) is 0 Å². The fourth-order valence-electron chi connectivity index (χ4n) is 2.68. The summed E-state index contributed by atoms with van der Waals surface area (Å²) in [7, 11) is 0. The summed E-state index contributed by atoms with van der Waals surface area (Å²) < 4.78 is 0. The molecular weight excluding hydrogens is 220 g/mol. The molecule has 0 saturated heterocycles. The number of hydrogen-bond donors (Lipinski definition) is 1. The van der Waals surface area contributed by atoms with E-state index in [4.69, 9.17) is 0 Å². The van der Waals surface area contributed by atoms with Crippen molar-refractivity contribution in [3.8, 4) is 0 Å². The largest absolute Gasteiger partial charge is 0.385 e. The van der Waals surface area contributed by atoms with Crippen molar-refractivity contribution < 1.29 is 0 Å². The third-order valence-electron chi connectivity index (χ3n) is 3.60. The fourth-order valence-corrected chi connectivity index (χ4v) is 2.68. The number of rotatable bonds is 8. The van der Waals surface area contributed by atoms with Crippen LogP contribution in [0.4, 0.5) is 0 Å². The van der Waals surface area contributed by atoms with Crippen LogP contribution in [0.15, 0.2) is 24.4 Å². The van der Waals surface area contributed by atoms with E-state index in [0.29, 0.717) is 6.04 Å². The van der Waals surface area contributed by atoms with Crippen molar-refractivity contribution >= 4 is 0 Å². The summed E-state index contributed by atoms with van der Waals surface area (Å²) in [5.41, 5.74) is 2.60. The smallest absolute Gasteiger partial charge is 0.0375 e. The third-order valence-corrected chi connectivity index (χ3v) is 3.60. The molecule has 1 saturated carbocycles. The van der Waals surface area contributed by atoms with Crippen LogP contribution in [0.2, 0.25) is 0 Å². The average Bonchev–Trinajstić information content (AvgIpc) is 2.33. The Morgan fingerprint density at radius 1 is 1.22 bits per heavy atom. The van der Waals surface area contributed by atoms with Crippen LogP contribution in [0.25, 0.3) is 0 Å². The van der Waals surface area contributed by atoms with Gasteiger partial charge in [0.15, 0.2) is 0 Å². The summed E-state index contributed by atoms with van der Waals surface area (Å²) in [4.78, 5) is 2.50. The van der Waals surface area contributed by atoms with Crippen LogP contribution >= 0.6 is 0 Å². The van der Waals surface area contributed by atoms with Gasteiger partial charge in [0.1, 0.15) is 0 Å². The Bertz CT molecular complexity index is 254. The Morgan fingerprint density at radius 2 is 1.78 bits per heavy atom. The van der Waals surface area contributed by atoms with E-state index in [1.807, 2.05) is 0 Å². The van der Waals surface area contributed by atoms with Gasteiger partial charge in [0.05, 0.1) is 0 Å². The second kappa shape index (κ2) is 8.36. The lowest BCUT2D eigenvalue weighted by Gasteiger charge is -2.29. The lowest BCUT2D eigenvalue weighted by molar-refractivity contribution is 0.287. The minimum atomic E-state index is 0.619. The van der Waals surface area contributed by atoms with Crippen LogP contribution in [-0.4, -0.2) is 30.6 Å². The first-order chi connectivity index (χ1) is 8.65. The van der Waals surface area contributed by atoms with Gasteiger partial charge < -0.3 is 5.32 Å². The molecule has 1 aliphatic rings. The van der Waals surface area contributed by atoms with Crippen molar-refractivity contribution in [3.05, 3.63) is 24.4 Å². The van der Waals surface area contributed by atoms with Crippen molar-refractivity contribution in [1.29, 1.82) is 0 Å². The number of hydrogen-bond acceptors (Lipinski definition) is 2. The van der Waals surface area contributed by atoms with E-state index in [9.17, 15) is 0 Å². The maximum Gasteiger partial charge on any atom is 0.0375 e. The predicted octanol–water partition coefficient (Wildman–Crippen LogP) is 3.71. The Kier molecular flexibility index (Phi) is 7.11. The highest BCUT2D eigenvalue weighted by molar-refractivity contribution is 5.04. The molecule has 2 heteroatoms. The molecule has 18 heavy (non-hydrogen) atoms. The summed E-state index contributed by atoms with van der Waals surface area (Å²) in [6.07, 6.45) is 7.24. The molecule has 1 rings (SSSR count). The van der Waals surface area contributed by atoms with Crippen LogP contribution in [0, 0.1) is 0 Å². The highest BCUT2D eigenvalue weighted by Crippen LogP contribution is 2.22. The topological polar surface area (TPSA) is 15.3 Å². The zero-order valence-electron chi connectivity index (χ0n) is 12.3. The summed E-state index contributed by atoms with van der Waals surface area (Å²) in [6.45, 7) is 16.1. The van der Waals surface area contributed by atoms with Crippen LogP contribution in [0.3, 0.4) is 0 Å². The van der Waals surface area contributed by atoms with Crippen molar-refractivity contribution in [1.82, 2.24) is 10.2 Å². The summed E-state index contributed by atoms with van der Waals surface area (Å²) in [6, 6.07) is 0.619. The number of nitrogens with zero attached hydrogens (tertiary/aromatic N) is 1. The Balaban J connectivity index is 2.28. The van der Waals surface area contributed by atoms with Crippen LogP contribution in [-0.2, 0) is 0 Å². The van der Waals surface area contributed by atoms with Gasteiger partial charge in [-0.15, -0.1) is 0 Å². The molecule has 2 nitrogen and oxygen atoms in total. The summed E-state index contributed by atoms with van der Waals surface area (Å²) >= 11 is 0. The van der Waals surface area contributed by atoms with E-state index < -0.39 is 0 Å². The lowest BCUT2D eigenvalue weighted by atomic mass is 9.92. The lowest BCUT2D eigenvalue weighted by Crippen LogP contribution is -2.36. The Hall–Kier alpha value is -0.760. The van der Waals surface area contributed by atoms with Gasteiger partial charge in [-0.3, -0.25) is 4.90 Å². The van der Waals surface area contributed by atoms with Gasteiger partial charge in [-0.2, -0.15) is 0 Å². The molecule has 0 amide bonds. The molecule has 0 radical (unpaired) electrons. The van der Waals surface area contributed by atoms with E-state index in [1.165, 1.54) is 62.9 Å². The maximum atomic E-state index is 4.20. The molecule has 0 atom stereocenters. The SMILES string of the molecule is C=C1CCC(NC(=C)CN(CCC)CCC)CC1. The first kappa shape index (κ1) is 15.3. The van der Waals surface area contributed by atoms with Crippen molar-refractivity contribution in [2.24, 2.45) is 0 Å². The molecule has 1 aliphatic carbocycles. The monoisotopic (exact) mass is 250 g/mol. The molecule has 0 aromatic carbocycles. The molecule has 104 valence electrons. The normalized spacial score (nSPS) is 17.2. The van der Waals surface area contributed by atoms with Gasteiger partial charge in [0, 0.05) is 18.3 Å². The van der Waals surface area contributed by atoms with E-state index >= 15 is 0 Å². The van der Waals surface area contributed by atoms with Gasteiger partial charge in [0.25, 0.3) is 0 Å². The van der Waals surface area contributed by atoms with Gasteiger partial charge >= 0.3 is 0 Å². The summed E-state index contributed by atoms with van der Waals surface area (Å²) in [5.74, 6) is 0. The van der Waals surface area contributed by atoms with Crippen molar-refractivity contribution in [3.63, 3.8) is 0 Å². The van der Waals surface area contributed by atoms with E-state index in [1.54, 1.807) is 0 Å². The minimum absolute atomic E-state index is 0.619. The van der Waals surface area contributed by atoms with Gasteiger partial charge in [-0.1, -0.05) is 32.6 Å². The summed E-state index contributed by atoms with van der Waals surface area (Å²) in [5, 5.41) is 3.61. The molecular formula is C16H30N2. The quantitative estimate of drug-likeness (QED) is 0.661. The van der Waals surface area contributed by atoms with Crippen LogP contribution < -0.4 is 5.32 Å². The fraction of sp³-hybridized carbons (Fsp3) is 0.750. The van der Waals surface area contributed by atoms with Crippen molar-refractivity contribution in [2.45, 2.75) is 58.4 Å². The Morgan fingerprint density at radius 3 is 2.28 bits per heavy atom. The van der Waals surface area contributed by atoms with Crippen LogP contribution in [0.1, 0.15) is 52.4 Å². The highest BCUT2D eigenvalue weighted by Gasteiger charge is 2.16. The molecule has 0 aromatic heterocycles. The first-order valence-electron chi connectivity index (χ1n) is 7.49. The molecule has 0 aromatic rings. The van der Waals surface area contributed by atoms with Gasteiger partial charge in [-0.25, -0.2) is 0 Å².